The van der Waals surface area contributed by atoms with E-state index in [1.807, 2.05) is 6.07 Å². The second-order valence-corrected chi connectivity index (χ2v) is 5.83. The monoisotopic (exact) mass is 349 g/mol. The minimum atomic E-state index is 0. The maximum absolute atomic E-state index is 5.87. The summed E-state index contributed by atoms with van der Waals surface area (Å²) in [6.07, 6.45) is 2.94. The van der Waals surface area contributed by atoms with E-state index in [4.69, 9.17) is 21.3 Å². The molecule has 4 heteroatoms. The lowest BCUT2D eigenvalue weighted by Gasteiger charge is -2.20. The molecule has 0 radical (unpaired) electrons. The van der Waals surface area contributed by atoms with Gasteiger partial charge in [-0.2, -0.15) is 0 Å². The van der Waals surface area contributed by atoms with Gasteiger partial charge < -0.3 is 4.74 Å². The summed E-state index contributed by atoms with van der Waals surface area (Å²) >= 11 is 5.87. The van der Waals surface area contributed by atoms with Crippen LogP contribution < -0.4 is 4.74 Å². The molecule has 0 amide bonds. The smallest absolute Gasteiger partial charge is 0.119 e. The van der Waals surface area contributed by atoms with E-state index in [9.17, 15) is 0 Å². The van der Waals surface area contributed by atoms with Gasteiger partial charge in [-0.05, 0) is 42.5 Å². The molecule has 2 aromatic rings. The Hall–Kier alpha value is -1.51. The molecule has 2 nitrogen and oxygen atoms in total. The number of aryl methyl sites for hydroxylation is 1. The van der Waals surface area contributed by atoms with Crippen LogP contribution in [0.3, 0.4) is 0 Å². The van der Waals surface area contributed by atoms with E-state index in [2.05, 4.69) is 36.4 Å². The van der Waals surface area contributed by atoms with Crippen LogP contribution in [-0.2, 0) is 12.8 Å². The number of nitrogens with zero attached hydrogens (tertiary/aromatic N) is 1. The summed E-state index contributed by atoms with van der Waals surface area (Å²) in [5.74, 6) is 1.55. The largest absolute Gasteiger partial charge is 0.497 e. The first-order valence-electron chi connectivity index (χ1n) is 7.69. The zero-order chi connectivity index (χ0) is 15.4. The maximum Gasteiger partial charge on any atom is 0.119 e. The summed E-state index contributed by atoms with van der Waals surface area (Å²) < 4.78 is 5.41. The SMILES string of the molecule is COc1ccc(CCCCl)c(C2=NCCc3ccccc32)c1.Cl. The topological polar surface area (TPSA) is 21.6 Å². The highest BCUT2D eigenvalue weighted by molar-refractivity contribution is 6.18. The number of ether oxygens (including phenoxy) is 1. The molecule has 0 aromatic heterocycles. The number of benzene rings is 2. The number of methoxy groups -OCH3 is 1. The van der Waals surface area contributed by atoms with Gasteiger partial charge in [0.05, 0.1) is 12.8 Å². The summed E-state index contributed by atoms with van der Waals surface area (Å²) in [6.45, 7) is 0.846. The highest BCUT2D eigenvalue weighted by Crippen LogP contribution is 2.26. The average molecular weight is 350 g/mol. The number of halogens is 2. The van der Waals surface area contributed by atoms with Gasteiger partial charge in [-0.3, -0.25) is 4.99 Å². The summed E-state index contributed by atoms with van der Waals surface area (Å²) in [5, 5.41) is 0. The minimum Gasteiger partial charge on any atom is -0.497 e. The third-order valence-electron chi connectivity index (χ3n) is 4.08. The first-order chi connectivity index (χ1) is 10.8. The fraction of sp³-hybridized carbons (Fsp3) is 0.316. The Labute approximate surface area is 149 Å². The van der Waals surface area contributed by atoms with Gasteiger partial charge in [-0.1, -0.05) is 30.3 Å². The predicted octanol–water partition coefficient (Wildman–Crippen LogP) is 4.68. The van der Waals surface area contributed by atoms with Gasteiger partial charge in [0.2, 0.25) is 0 Å². The molecule has 0 atom stereocenters. The standard InChI is InChI=1S/C19H20ClNO.ClH/c1-22-16-9-8-14(6-4-11-20)18(13-16)19-17-7-3-2-5-15(17)10-12-21-19;/h2-3,5,7-9,13H,4,6,10-12H2,1H3;1H. The van der Waals surface area contributed by atoms with Crippen LogP contribution in [0.2, 0.25) is 0 Å². The Balaban J connectivity index is 0.00000192. The van der Waals surface area contributed by atoms with E-state index in [0.29, 0.717) is 5.88 Å². The van der Waals surface area contributed by atoms with Crippen molar-refractivity contribution >= 4 is 29.7 Å². The molecule has 0 spiro atoms. The summed E-state index contributed by atoms with van der Waals surface area (Å²) in [5.41, 5.74) is 6.17. The second kappa shape index (κ2) is 8.37. The second-order valence-electron chi connectivity index (χ2n) is 5.45. The van der Waals surface area contributed by atoms with Crippen molar-refractivity contribution in [2.24, 2.45) is 4.99 Å². The first-order valence-corrected chi connectivity index (χ1v) is 8.23. The van der Waals surface area contributed by atoms with Crippen LogP contribution in [0.25, 0.3) is 0 Å². The lowest BCUT2D eigenvalue weighted by molar-refractivity contribution is 0.414. The molecule has 2 aromatic carbocycles. The predicted molar refractivity (Wildman–Crippen MR) is 99.9 cm³/mol. The number of fused-ring (bicyclic) bond motifs is 1. The molecule has 1 aliphatic rings. The summed E-state index contributed by atoms with van der Waals surface area (Å²) in [7, 11) is 1.70. The molecule has 1 heterocycles. The molecule has 0 bridgehead atoms. The van der Waals surface area contributed by atoms with Gasteiger partial charge in [0.15, 0.2) is 0 Å². The zero-order valence-corrected chi connectivity index (χ0v) is 14.8. The van der Waals surface area contributed by atoms with Crippen LogP contribution >= 0.6 is 24.0 Å². The van der Waals surface area contributed by atoms with E-state index in [1.54, 1.807) is 7.11 Å². The molecule has 0 aliphatic carbocycles. The van der Waals surface area contributed by atoms with Crippen molar-refractivity contribution in [2.75, 3.05) is 19.5 Å². The molecule has 122 valence electrons. The fourth-order valence-electron chi connectivity index (χ4n) is 2.95. The molecule has 0 N–H and O–H groups in total. The van der Waals surface area contributed by atoms with E-state index >= 15 is 0 Å². The Morgan fingerprint density at radius 1 is 1.13 bits per heavy atom. The number of rotatable bonds is 5. The summed E-state index contributed by atoms with van der Waals surface area (Å²) in [6, 6.07) is 14.8. The van der Waals surface area contributed by atoms with Crippen molar-refractivity contribution in [3.8, 4) is 5.75 Å². The molecule has 23 heavy (non-hydrogen) atoms. The van der Waals surface area contributed by atoms with Crippen LogP contribution in [0, 0.1) is 0 Å². The number of hydrogen-bond donors (Lipinski definition) is 0. The molecular formula is C19H21Cl2NO. The average Bonchev–Trinajstić information content (AvgIpc) is 2.59. The summed E-state index contributed by atoms with van der Waals surface area (Å²) in [4.78, 5) is 4.81. The molecular weight excluding hydrogens is 329 g/mol. The van der Waals surface area contributed by atoms with Crippen molar-refractivity contribution in [3.05, 3.63) is 64.7 Å². The van der Waals surface area contributed by atoms with Crippen LogP contribution in [0.15, 0.2) is 47.5 Å². The number of hydrogen-bond acceptors (Lipinski definition) is 2. The maximum atomic E-state index is 5.87. The zero-order valence-electron chi connectivity index (χ0n) is 13.2. The van der Waals surface area contributed by atoms with E-state index < -0.39 is 0 Å². The quantitative estimate of drug-likeness (QED) is 0.718. The van der Waals surface area contributed by atoms with Crippen molar-refractivity contribution in [2.45, 2.75) is 19.3 Å². The van der Waals surface area contributed by atoms with Gasteiger partial charge in [0.25, 0.3) is 0 Å². The molecule has 1 aliphatic heterocycles. The number of alkyl halides is 1. The highest BCUT2D eigenvalue weighted by Gasteiger charge is 2.18. The third-order valence-corrected chi connectivity index (χ3v) is 4.34. The molecule has 0 fully saturated rings. The van der Waals surface area contributed by atoms with Crippen LogP contribution in [0.5, 0.6) is 5.75 Å². The first kappa shape index (κ1) is 17.8. The molecule has 0 saturated heterocycles. The van der Waals surface area contributed by atoms with Crippen LogP contribution in [-0.4, -0.2) is 25.2 Å². The van der Waals surface area contributed by atoms with Gasteiger partial charge in [-0.15, -0.1) is 24.0 Å². The molecule has 0 saturated carbocycles. The van der Waals surface area contributed by atoms with E-state index in [1.165, 1.54) is 22.3 Å². The fourth-order valence-corrected chi connectivity index (χ4v) is 3.08. The molecule has 3 rings (SSSR count). The van der Waals surface area contributed by atoms with Gasteiger partial charge >= 0.3 is 0 Å². The Kier molecular flexibility index (Phi) is 6.49. The number of aliphatic imine (C=N–C) groups is 1. The third kappa shape index (κ3) is 3.88. The Morgan fingerprint density at radius 3 is 2.74 bits per heavy atom. The molecule has 0 unspecified atom stereocenters. The van der Waals surface area contributed by atoms with E-state index in [0.717, 1.165) is 37.3 Å². The van der Waals surface area contributed by atoms with Gasteiger partial charge in [0, 0.05) is 23.6 Å². The lowest BCUT2D eigenvalue weighted by Crippen LogP contribution is -2.16. The Bertz CT molecular complexity index is 698. The normalized spacial score (nSPS) is 12.9. The van der Waals surface area contributed by atoms with Crippen molar-refractivity contribution in [1.29, 1.82) is 0 Å². The lowest BCUT2D eigenvalue weighted by atomic mass is 9.90. The van der Waals surface area contributed by atoms with Crippen LogP contribution in [0.1, 0.15) is 28.7 Å². The highest BCUT2D eigenvalue weighted by atomic mass is 35.5. The van der Waals surface area contributed by atoms with Gasteiger partial charge in [-0.25, -0.2) is 0 Å². The van der Waals surface area contributed by atoms with Crippen molar-refractivity contribution < 1.29 is 4.74 Å². The van der Waals surface area contributed by atoms with Crippen LogP contribution in [0.4, 0.5) is 0 Å². The van der Waals surface area contributed by atoms with Crippen molar-refractivity contribution in [1.82, 2.24) is 0 Å². The van der Waals surface area contributed by atoms with Crippen molar-refractivity contribution in [3.63, 3.8) is 0 Å². The minimum absolute atomic E-state index is 0. The van der Waals surface area contributed by atoms with E-state index in [-0.39, 0.29) is 12.4 Å². The Morgan fingerprint density at radius 2 is 1.96 bits per heavy atom. The van der Waals surface area contributed by atoms with Gasteiger partial charge in [0.1, 0.15) is 5.75 Å².